The first kappa shape index (κ1) is 15.1. The van der Waals surface area contributed by atoms with Gasteiger partial charge in [-0.1, -0.05) is 6.42 Å². The molecule has 2 saturated heterocycles. The van der Waals surface area contributed by atoms with E-state index in [0.717, 1.165) is 19.6 Å². The Balaban J connectivity index is 1.63. The number of urea groups is 1. The van der Waals surface area contributed by atoms with Gasteiger partial charge in [0, 0.05) is 13.1 Å². The van der Waals surface area contributed by atoms with Crippen LogP contribution in [0.3, 0.4) is 0 Å². The summed E-state index contributed by atoms with van der Waals surface area (Å²) < 4.78 is 5.10. The van der Waals surface area contributed by atoms with Crippen LogP contribution in [-0.4, -0.2) is 67.4 Å². The molecule has 0 radical (unpaired) electrons. The van der Waals surface area contributed by atoms with E-state index < -0.39 is 17.9 Å². The number of nitrogens with zero attached hydrogens (tertiary/aromatic N) is 1. The van der Waals surface area contributed by atoms with Gasteiger partial charge in [-0.15, -0.1) is 0 Å². The molecule has 7 heteroatoms. The summed E-state index contributed by atoms with van der Waals surface area (Å²) in [6, 6.07) is -0.758. The van der Waals surface area contributed by atoms with Gasteiger partial charge in [0.25, 0.3) is 0 Å². The first-order valence-electron chi connectivity index (χ1n) is 7.24. The maximum Gasteiger partial charge on any atom is 0.315 e. The molecule has 3 N–H and O–H groups in total. The largest absolute Gasteiger partial charge is 0.481 e. The van der Waals surface area contributed by atoms with Crippen LogP contribution in [-0.2, 0) is 9.53 Å². The molecule has 2 unspecified atom stereocenters. The SMILES string of the molecule is O=C(NCCN1CCCCC1)NC1COCC1C(=O)O. The third kappa shape index (κ3) is 4.35. The maximum absolute atomic E-state index is 11.7. The molecular weight excluding hydrogens is 262 g/mol. The summed E-state index contributed by atoms with van der Waals surface area (Å²) >= 11 is 0. The van der Waals surface area contributed by atoms with E-state index >= 15 is 0 Å². The predicted octanol–water partition coefficient (Wildman–Crippen LogP) is -0.129. The van der Waals surface area contributed by atoms with Crippen molar-refractivity contribution < 1.29 is 19.4 Å². The third-order valence-corrected chi connectivity index (χ3v) is 3.88. The summed E-state index contributed by atoms with van der Waals surface area (Å²) in [5.74, 6) is -1.58. The molecule has 2 aliphatic rings. The summed E-state index contributed by atoms with van der Waals surface area (Å²) in [6.45, 7) is 4.04. The second-order valence-corrected chi connectivity index (χ2v) is 5.39. The van der Waals surface area contributed by atoms with Gasteiger partial charge in [-0.2, -0.15) is 0 Å². The van der Waals surface area contributed by atoms with Crippen LogP contribution in [0, 0.1) is 5.92 Å². The van der Waals surface area contributed by atoms with Crippen molar-refractivity contribution in [3.8, 4) is 0 Å². The minimum atomic E-state index is -0.930. The number of piperidine rings is 1. The van der Waals surface area contributed by atoms with E-state index in [1.165, 1.54) is 19.3 Å². The van der Waals surface area contributed by atoms with Gasteiger partial charge in [0.05, 0.1) is 19.3 Å². The van der Waals surface area contributed by atoms with Crippen molar-refractivity contribution in [1.29, 1.82) is 0 Å². The first-order chi connectivity index (χ1) is 9.66. The Kier molecular flexibility index (Phi) is 5.60. The molecule has 2 fully saturated rings. The average molecular weight is 285 g/mol. The number of amides is 2. The van der Waals surface area contributed by atoms with E-state index in [1.807, 2.05) is 0 Å². The van der Waals surface area contributed by atoms with E-state index in [2.05, 4.69) is 15.5 Å². The van der Waals surface area contributed by atoms with Crippen molar-refractivity contribution in [3.63, 3.8) is 0 Å². The molecule has 0 aliphatic carbocycles. The van der Waals surface area contributed by atoms with Gasteiger partial charge >= 0.3 is 12.0 Å². The minimum absolute atomic E-state index is 0.161. The Labute approximate surface area is 118 Å². The van der Waals surface area contributed by atoms with Gasteiger partial charge in [-0.05, 0) is 25.9 Å². The number of nitrogens with one attached hydrogen (secondary N) is 2. The summed E-state index contributed by atoms with van der Waals surface area (Å²) in [4.78, 5) is 25.0. The van der Waals surface area contributed by atoms with E-state index in [1.54, 1.807) is 0 Å². The van der Waals surface area contributed by atoms with Crippen molar-refractivity contribution in [2.75, 3.05) is 39.4 Å². The summed E-state index contributed by atoms with van der Waals surface area (Å²) in [5, 5.41) is 14.4. The van der Waals surface area contributed by atoms with Crippen molar-refractivity contribution in [2.24, 2.45) is 5.92 Å². The number of rotatable bonds is 5. The zero-order valence-electron chi connectivity index (χ0n) is 11.6. The molecule has 2 atom stereocenters. The van der Waals surface area contributed by atoms with Crippen LogP contribution in [0.15, 0.2) is 0 Å². The average Bonchev–Trinajstić information content (AvgIpc) is 2.88. The molecule has 0 saturated carbocycles. The molecule has 0 spiro atoms. The van der Waals surface area contributed by atoms with Crippen LogP contribution in [0.1, 0.15) is 19.3 Å². The fourth-order valence-corrected chi connectivity index (χ4v) is 2.67. The van der Waals surface area contributed by atoms with Crippen LogP contribution in [0.4, 0.5) is 4.79 Å². The maximum atomic E-state index is 11.7. The lowest BCUT2D eigenvalue weighted by Gasteiger charge is -2.26. The Morgan fingerprint density at radius 2 is 1.95 bits per heavy atom. The molecular formula is C13H23N3O4. The van der Waals surface area contributed by atoms with Gasteiger partial charge in [-0.3, -0.25) is 4.79 Å². The van der Waals surface area contributed by atoms with Crippen LogP contribution >= 0.6 is 0 Å². The highest BCUT2D eigenvalue weighted by atomic mass is 16.5. The van der Waals surface area contributed by atoms with Crippen LogP contribution in [0.5, 0.6) is 0 Å². The fourth-order valence-electron chi connectivity index (χ4n) is 2.67. The number of hydrogen-bond acceptors (Lipinski definition) is 4. The normalized spacial score (nSPS) is 27.2. The zero-order chi connectivity index (χ0) is 14.4. The predicted molar refractivity (Wildman–Crippen MR) is 72.6 cm³/mol. The molecule has 114 valence electrons. The number of carbonyl (C=O) groups excluding carboxylic acids is 1. The second-order valence-electron chi connectivity index (χ2n) is 5.39. The smallest absolute Gasteiger partial charge is 0.315 e. The number of carbonyl (C=O) groups is 2. The summed E-state index contributed by atoms with van der Waals surface area (Å²) in [6.07, 6.45) is 3.75. The zero-order valence-corrected chi connectivity index (χ0v) is 11.6. The number of carboxylic acid groups (broad SMARTS) is 1. The van der Waals surface area contributed by atoms with Crippen LogP contribution < -0.4 is 10.6 Å². The molecule has 2 aliphatic heterocycles. The molecule has 0 aromatic rings. The van der Waals surface area contributed by atoms with Crippen molar-refractivity contribution in [3.05, 3.63) is 0 Å². The number of hydrogen-bond donors (Lipinski definition) is 3. The molecule has 2 rings (SSSR count). The lowest BCUT2D eigenvalue weighted by atomic mass is 10.0. The molecule has 0 aromatic carbocycles. The molecule has 20 heavy (non-hydrogen) atoms. The topological polar surface area (TPSA) is 90.9 Å². The quantitative estimate of drug-likeness (QED) is 0.654. The highest BCUT2D eigenvalue weighted by Gasteiger charge is 2.34. The summed E-state index contributed by atoms with van der Waals surface area (Å²) in [7, 11) is 0. The first-order valence-corrected chi connectivity index (χ1v) is 7.24. The highest BCUT2D eigenvalue weighted by Crippen LogP contribution is 2.13. The summed E-state index contributed by atoms with van der Waals surface area (Å²) in [5.41, 5.74) is 0. The number of aliphatic carboxylic acids is 1. The van der Waals surface area contributed by atoms with Crippen LogP contribution in [0.25, 0.3) is 0 Å². The van der Waals surface area contributed by atoms with Crippen molar-refractivity contribution >= 4 is 12.0 Å². The highest BCUT2D eigenvalue weighted by molar-refractivity contribution is 5.77. The molecule has 2 heterocycles. The molecule has 2 amide bonds. The lowest BCUT2D eigenvalue weighted by Crippen LogP contribution is -2.48. The second kappa shape index (κ2) is 7.44. The lowest BCUT2D eigenvalue weighted by molar-refractivity contribution is -0.142. The molecule has 0 aromatic heterocycles. The standard InChI is InChI=1S/C13H23N3O4/c17-12(18)10-8-20-9-11(10)15-13(19)14-4-7-16-5-2-1-3-6-16/h10-11H,1-9H2,(H,17,18)(H2,14,15,19). The van der Waals surface area contributed by atoms with E-state index in [4.69, 9.17) is 9.84 Å². The van der Waals surface area contributed by atoms with Gasteiger partial charge in [0.2, 0.25) is 0 Å². The van der Waals surface area contributed by atoms with E-state index in [-0.39, 0.29) is 19.2 Å². The number of carboxylic acids is 1. The minimum Gasteiger partial charge on any atom is -0.481 e. The Bertz CT molecular complexity index is 345. The van der Waals surface area contributed by atoms with Gasteiger partial charge in [0.1, 0.15) is 5.92 Å². The van der Waals surface area contributed by atoms with Gasteiger partial charge in [0.15, 0.2) is 0 Å². The molecule has 7 nitrogen and oxygen atoms in total. The van der Waals surface area contributed by atoms with Crippen LogP contribution in [0.2, 0.25) is 0 Å². The monoisotopic (exact) mass is 285 g/mol. The Morgan fingerprint density at radius 3 is 2.65 bits per heavy atom. The fraction of sp³-hybridized carbons (Fsp3) is 0.846. The van der Waals surface area contributed by atoms with Crippen molar-refractivity contribution in [2.45, 2.75) is 25.3 Å². The Morgan fingerprint density at radius 1 is 1.20 bits per heavy atom. The van der Waals surface area contributed by atoms with Gasteiger partial charge in [-0.25, -0.2) is 4.79 Å². The van der Waals surface area contributed by atoms with E-state index in [9.17, 15) is 9.59 Å². The molecule has 0 bridgehead atoms. The van der Waals surface area contributed by atoms with E-state index in [0.29, 0.717) is 6.54 Å². The van der Waals surface area contributed by atoms with Crippen molar-refractivity contribution in [1.82, 2.24) is 15.5 Å². The Hall–Kier alpha value is -1.34. The third-order valence-electron chi connectivity index (χ3n) is 3.88. The van der Waals surface area contributed by atoms with Gasteiger partial charge < -0.3 is 25.4 Å². The number of likely N-dealkylation sites (tertiary alicyclic amines) is 1. The number of ether oxygens (including phenoxy) is 1.